The van der Waals surface area contributed by atoms with Crippen LogP contribution in [0.2, 0.25) is 0 Å². The van der Waals surface area contributed by atoms with Gasteiger partial charge in [0.1, 0.15) is 11.9 Å². The fourth-order valence-electron chi connectivity index (χ4n) is 3.13. The van der Waals surface area contributed by atoms with Crippen molar-refractivity contribution in [2.45, 2.75) is 25.1 Å². The van der Waals surface area contributed by atoms with Gasteiger partial charge in [-0.2, -0.15) is 0 Å². The number of rotatable bonds is 5. The fraction of sp³-hybridized carbons (Fsp3) is 0.316. The van der Waals surface area contributed by atoms with E-state index in [0.29, 0.717) is 25.1 Å². The summed E-state index contributed by atoms with van der Waals surface area (Å²) >= 11 is 0. The minimum atomic E-state index is -0.884. The molecule has 132 valence electrons. The van der Waals surface area contributed by atoms with Gasteiger partial charge in [-0.15, -0.1) is 0 Å². The molecule has 1 amide bonds. The first-order valence-corrected chi connectivity index (χ1v) is 8.18. The van der Waals surface area contributed by atoms with Gasteiger partial charge in [0.15, 0.2) is 11.6 Å². The molecule has 0 unspecified atom stereocenters. The lowest BCUT2D eigenvalue weighted by Gasteiger charge is -2.22. The van der Waals surface area contributed by atoms with Gasteiger partial charge in [0.05, 0.1) is 6.04 Å². The number of halogens is 2. The summed E-state index contributed by atoms with van der Waals surface area (Å²) < 4.78 is 32.5. The highest BCUT2D eigenvalue weighted by molar-refractivity contribution is 5.81. The minimum Gasteiger partial charge on any atom is -0.489 e. The second kappa shape index (κ2) is 7.61. The van der Waals surface area contributed by atoms with Crippen molar-refractivity contribution in [2.75, 3.05) is 13.6 Å². The molecule has 0 bridgehead atoms. The van der Waals surface area contributed by atoms with Crippen LogP contribution in [-0.2, 0) is 11.3 Å². The van der Waals surface area contributed by atoms with Crippen molar-refractivity contribution in [1.29, 1.82) is 0 Å². The average Bonchev–Trinajstić information content (AvgIpc) is 3.00. The Kier molecular flexibility index (Phi) is 5.28. The van der Waals surface area contributed by atoms with E-state index >= 15 is 0 Å². The maximum absolute atomic E-state index is 13.4. The molecule has 1 fully saturated rings. The number of amides is 1. The van der Waals surface area contributed by atoms with Gasteiger partial charge in [-0.05, 0) is 29.8 Å². The van der Waals surface area contributed by atoms with Gasteiger partial charge in [0, 0.05) is 26.6 Å². The zero-order valence-electron chi connectivity index (χ0n) is 13.9. The molecule has 0 aliphatic carbocycles. The number of carbonyl (C=O) groups excluding carboxylic acids is 1. The molecule has 1 N–H and O–H groups in total. The maximum atomic E-state index is 13.4. The SMILES string of the molecule is CNC(=O)[C@H]1C[C@H](Oc2ccccc2)CN1Cc1ccc(F)c(F)c1. The van der Waals surface area contributed by atoms with E-state index in [1.165, 1.54) is 12.1 Å². The molecule has 6 heteroatoms. The predicted molar refractivity (Wildman–Crippen MR) is 90.1 cm³/mol. The first-order valence-electron chi connectivity index (χ1n) is 8.18. The van der Waals surface area contributed by atoms with E-state index in [1.807, 2.05) is 35.2 Å². The molecule has 4 nitrogen and oxygen atoms in total. The number of likely N-dealkylation sites (N-methyl/N-ethyl adjacent to an activating group) is 1. The summed E-state index contributed by atoms with van der Waals surface area (Å²) in [6, 6.07) is 12.9. The summed E-state index contributed by atoms with van der Waals surface area (Å²) in [5.41, 5.74) is 0.619. The van der Waals surface area contributed by atoms with Crippen molar-refractivity contribution in [3.8, 4) is 5.75 Å². The highest BCUT2D eigenvalue weighted by Crippen LogP contribution is 2.25. The van der Waals surface area contributed by atoms with Gasteiger partial charge in [-0.3, -0.25) is 9.69 Å². The predicted octanol–water partition coefficient (Wildman–Crippen LogP) is 2.73. The van der Waals surface area contributed by atoms with E-state index < -0.39 is 11.6 Å². The first-order chi connectivity index (χ1) is 12.1. The van der Waals surface area contributed by atoms with E-state index in [4.69, 9.17) is 4.74 Å². The lowest BCUT2D eigenvalue weighted by molar-refractivity contribution is -0.125. The number of carbonyl (C=O) groups is 1. The van der Waals surface area contributed by atoms with Crippen LogP contribution in [0.15, 0.2) is 48.5 Å². The van der Waals surface area contributed by atoms with Crippen molar-refractivity contribution in [1.82, 2.24) is 10.2 Å². The summed E-state index contributed by atoms with van der Waals surface area (Å²) in [6.45, 7) is 0.885. The highest BCUT2D eigenvalue weighted by Gasteiger charge is 2.37. The van der Waals surface area contributed by atoms with Crippen LogP contribution in [0.25, 0.3) is 0 Å². The summed E-state index contributed by atoms with van der Waals surface area (Å²) in [5.74, 6) is -1.12. The Labute approximate surface area is 145 Å². The number of hydrogen-bond acceptors (Lipinski definition) is 3. The maximum Gasteiger partial charge on any atom is 0.237 e. The number of likely N-dealkylation sites (tertiary alicyclic amines) is 1. The molecule has 2 aromatic rings. The minimum absolute atomic E-state index is 0.109. The summed E-state index contributed by atoms with van der Waals surface area (Å²) in [4.78, 5) is 14.1. The molecule has 0 radical (unpaired) electrons. The van der Waals surface area contributed by atoms with E-state index in [-0.39, 0.29) is 18.1 Å². The van der Waals surface area contributed by atoms with Crippen LogP contribution < -0.4 is 10.1 Å². The largest absolute Gasteiger partial charge is 0.489 e. The summed E-state index contributed by atoms with van der Waals surface area (Å²) in [6.07, 6.45) is 0.396. The number of hydrogen-bond donors (Lipinski definition) is 1. The van der Waals surface area contributed by atoms with E-state index in [9.17, 15) is 13.6 Å². The first kappa shape index (κ1) is 17.4. The van der Waals surface area contributed by atoms with Gasteiger partial charge < -0.3 is 10.1 Å². The third-order valence-electron chi connectivity index (χ3n) is 4.33. The van der Waals surface area contributed by atoms with Crippen molar-refractivity contribution in [3.05, 3.63) is 65.7 Å². The van der Waals surface area contributed by atoms with Crippen molar-refractivity contribution in [3.63, 3.8) is 0 Å². The third-order valence-corrected chi connectivity index (χ3v) is 4.33. The molecule has 0 saturated carbocycles. The monoisotopic (exact) mass is 346 g/mol. The molecule has 1 saturated heterocycles. The van der Waals surface area contributed by atoms with Crippen LogP contribution in [0.4, 0.5) is 8.78 Å². The number of ether oxygens (including phenoxy) is 1. The molecule has 1 aliphatic rings. The van der Waals surface area contributed by atoms with Crippen molar-refractivity contribution < 1.29 is 18.3 Å². The van der Waals surface area contributed by atoms with Crippen LogP contribution >= 0.6 is 0 Å². The van der Waals surface area contributed by atoms with Gasteiger partial charge in [0.2, 0.25) is 5.91 Å². The fourth-order valence-corrected chi connectivity index (χ4v) is 3.13. The van der Waals surface area contributed by atoms with Crippen LogP contribution in [0.3, 0.4) is 0 Å². The summed E-state index contributed by atoms with van der Waals surface area (Å²) in [7, 11) is 1.59. The normalized spacial score (nSPS) is 20.4. The number of para-hydroxylation sites is 1. The van der Waals surface area contributed by atoms with Gasteiger partial charge in [0.25, 0.3) is 0 Å². The standard InChI is InChI=1S/C19H20F2N2O2/c1-22-19(24)18-10-15(25-14-5-3-2-4-6-14)12-23(18)11-13-7-8-16(20)17(21)9-13/h2-9,15,18H,10-12H2,1H3,(H,22,24)/t15-,18+/m0/s1. The number of nitrogens with one attached hydrogen (secondary N) is 1. The number of benzene rings is 2. The molecule has 0 spiro atoms. The van der Waals surface area contributed by atoms with E-state index in [0.717, 1.165) is 11.8 Å². The molecule has 1 aliphatic heterocycles. The average molecular weight is 346 g/mol. The van der Waals surface area contributed by atoms with Crippen LogP contribution in [-0.4, -0.2) is 36.5 Å². The molecular weight excluding hydrogens is 326 g/mol. The second-order valence-electron chi connectivity index (χ2n) is 6.10. The Morgan fingerprint density at radius 3 is 2.64 bits per heavy atom. The zero-order chi connectivity index (χ0) is 17.8. The Morgan fingerprint density at radius 1 is 1.20 bits per heavy atom. The smallest absolute Gasteiger partial charge is 0.237 e. The van der Waals surface area contributed by atoms with Crippen LogP contribution in [0, 0.1) is 11.6 Å². The summed E-state index contributed by atoms with van der Waals surface area (Å²) in [5, 5.41) is 2.66. The molecule has 2 aromatic carbocycles. The third kappa shape index (κ3) is 4.14. The zero-order valence-corrected chi connectivity index (χ0v) is 13.9. The lowest BCUT2D eigenvalue weighted by atomic mass is 10.1. The van der Waals surface area contributed by atoms with Gasteiger partial charge in [-0.25, -0.2) is 8.78 Å². The van der Waals surface area contributed by atoms with Crippen LogP contribution in [0.1, 0.15) is 12.0 Å². The molecule has 2 atom stereocenters. The molecule has 3 rings (SSSR count). The van der Waals surface area contributed by atoms with Crippen molar-refractivity contribution >= 4 is 5.91 Å². The Balaban J connectivity index is 1.73. The number of nitrogens with zero attached hydrogens (tertiary/aromatic N) is 1. The molecular formula is C19H20F2N2O2. The van der Waals surface area contributed by atoms with Gasteiger partial charge >= 0.3 is 0 Å². The Morgan fingerprint density at radius 2 is 1.96 bits per heavy atom. The Bertz CT molecular complexity index is 739. The van der Waals surface area contributed by atoms with Crippen LogP contribution in [0.5, 0.6) is 5.75 Å². The molecule has 25 heavy (non-hydrogen) atoms. The lowest BCUT2D eigenvalue weighted by Crippen LogP contribution is -2.41. The molecule has 1 heterocycles. The highest BCUT2D eigenvalue weighted by atomic mass is 19.2. The van der Waals surface area contributed by atoms with Crippen molar-refractivity contribution in [2.24, 2.45) is 0 Å². The second-order valence-corrected chi connectivity index (χ2v) is 6.10. The quantitative estimate of drug-likeness (QED) is 0.905. The molecule has 0 aromatic heterocycles. The van der Waals surface area contributed by atoms with E-state index in [1.54, 1.807) is 7.05 Å². The topological polar surface area (TPSA) is 41.6 Å². The Hall–Kier alpha value is -2.47. The van der Waals surface area contributed by atoms with E-state index in [2.05, 4.69) is 5.32 Å². The van der Waals surface area contributed by atoms with Gasteiger partial charge in [-0.1, -0.05) is 24.3 Å².